The van der Waals surface area contributed by atoms with E-state index in [2.05, 4.69) is 24.6 Å². The maximum atomic E-state index is 11.7. The van der Waals surface area contributed by atoms with Crippen LogP contribution in [-0.2, 0) is 9.53 Å². The van der Waals surface area contributed by atoms with Crippen LogP contribution in [0.15, 0.2) is 24.8 Å². The molecule has 0 radical (unpaired) electrons. The highest BCUT2D eigenvalue weighted by Crippen LogP contribution is 2.40. The standard InChI is InChI=1S/C20H27N5O2/c1-13(26)23-17-6-15-10-24(20-9-21-8-19-22-4-5-25(19)20)11-16(15)7-18(17)27-12-14-2-3-14/h4-5,8-9,14-18H,2-3,6-7,10-12H2,1H3,(H,23,26)/t15-,16+,17-,18-/m1/s1. The Morgan fingerprint density at radius 3 is 2.85 bits per heavy atom. The molecule has 3 fully saturated rings. The fourth-order valence-electron chi connectivity index (χ4n) is 4.81. The molecule has 27 heavy (non-hydrogen) atoms. The third-order valence-electron chi connectivity index (χ3n) is 6.37. The van der Waals surface area contributed by atoms with Crippen molar-refractivity contribution < 1.29 is 9.53 Å². The van der Waals surface area contributed by atoms with Gasteiger partial charge in [-0.15, -0.1) is 0 Å². The number of carbonyl (C=O) groups is 1. The van der Waals surface area contributed by atoms with Gasteiger partial charge in [0, 0.05) is 39.0 Å². The van der Waals surface area contributed by atoms with Crippen molar-refractivity contribution in [2.24, 2.45) is 17.8 Å². The molecule has 1 aliphatic heterocycles. The molecule has 3 aliphatic rings. The molecule has 2 saturated carbocycles. The van der Waals surface area contributed by atoms with Crippen LogP contribution in [0.2, 0.25) is 0 Å². The monoisotopic (exact) mass is 369 g/mol. The van der Waals surface area contributed by atoms with E-state index in [0.717, 1.165) is 49.9 Å². The predicted octanol–water partition coefficient (Wildman–Crippen LogP) is 1.88. The van der Waals surface area contributed by atoms with Crippen molar-refractivity contribution in [2.75, 3.05) is 24.6 Å². The molecule has 0 spiro atoms. The summed E-state index contributed by atoms with van der Waals surface area (Å²) in [4.78, 5) is 22.8. The maximum absolute atomic E-state index is 11.7. The lowest BCUT2D eigenvalue weighted by Gasteiger charge is -2.38. The number of nitrogens with one attached hydrogen (secondary N) is 1. The van der Waals surface area contributed by atoms with E-state index in [1.165, 1.54) is 12.8 Å². The summed E-state index contributed by atoms with van der Waals surface area (Å²) in [5, 5.41) is 3.16. The Bertz CT molecular complexity index is 833. The maximum Gasteiger partial charge on any atom is 0.217 e. The Morgan fingerprint density at radius 1 is 1.26 bits per heavy atom. The zero-order valence-corrected chi connectivity index (χ0v) is 15.8. The summed E-state index contributed by atoms with van der Waals surface area (Å²) in [7, 11) is 0. The van der Waals surface area contributed by atoms with Gasteiger partial charge in [-0.25, -0.2) is 4.98 Å². The SMILES string of the molecule is CC(=O)N[C@@H]1C[C@@H]2CN(c3cncc4nccn34)C[C@@H]2C[C@H]1OCC1CC1. The number of imidazole rings is 1. The van der Waals surface area contributed by atoms with Crippen molar-refractivity contribution in [1.29, 1.82) is 0 Å². The van der Waals surface area contributed by atoms with Gasteiger partial charge in [-0.1, -0.05) is 0 Å². The number of carbonyl (C=O) groups excluding carboxylic acids is 1. The average Bonchev–Trinajstić information content (AvgIpc) is 3.19. The summed E-state index contributed by atoms with van der Waals surface area (Å²) in [5.74, 6) is 3.05. The molecule has 0 unspecified atom stereocenters. The second kappa shape index (κ2) is 6.78. The summed E-state index contributed by atoms with van der Waals surface area (Å²) in [6, 6.07) is 0.129. The highest BCUT2D eigenvalue weighted by molar-refractivity contribution is 5.73. The topological polar surface area (TPSA) is 71.8 Å². The molecule has 7 heteroatoms. The van der Waals surface area contributed by atoms with E-state index in [0.29, 0.717) is 11.8 Å². The third-order valence-corrected chi connectivity index (χ3v) is 6.37. The Labute approximate surface area is 159 Å². The molecule has 1 amide bonds. The summed E-state index contributed by atoms with van der Waals surface area (Å²) < 4.78 is 8.37. The molecule has 0 aromatic carbocycles. The molecule has 3 heterocycles. The number of nitrogens with zero attached hydrogens (tertiary/aromatic N) is 4. The van der Waals surface area contributed by atoms with Crippen LogP contribution in [-0.4, -0.2) is 52.1 Å². The average molecular weight is 369 g/mol. The van der Waals surface area contributed by atoms with Crippen LogP contribution >= 0.6 is 0 Å². The minimum absolute atomic E-state index is 0.0423. The molecule has 144 valence electrons. The van der Waals surface area contributed by atoms with Crippen LogP contribution < -0.4 is 10.2 Å². The lowest BCUT2D eigenvalue weighted by atomic mass is 9.77. The molecule has 0 bridgehead atoms. The van der Waals surface area contributed by atoms with Crippen molar-refractivity contribution in [3.63, 3.8) is 0 Å². The third kappa shape index (κ3) is 3.40. The number of rotatable bonds is 5. The van der Waals surface area contributed by atoms with Crippen LogP contribution in [0.4, 0.5) is 5.82 Å². The van der Waals surface area contributed by atoms with E-state index in [1.54, 1.807) is 13.1 Å². The predicted molar refractivity (Wildman–Crippen MR) is 101 cm³/mol. The first-order chi connectivity index (χ1) is 13.2. The van der Waals surface area contributed by atoms with Gasteiger partial charge in [-0.3, -0.25) is 14.2 Å². The van der Waals surface area contributed by atoms with E-state index < -0.39 is 0 Å². The Kier molecular flexibility index (Phi) is 4.27. The summed E-state index contributed by atoms with van der Waals surface area (Å²) in [6.45, 7) is 4.46. The molecule has 5 rings (SSSR count). The summed E-state index contributed by atoms with van der Waals surface area (Å²) in [5.41, 5.74) is 0.879. The first-order valence-electron chi connectivity index (χ1n) is 10.1. The zero-order valence-electron chi connectivity index (χ0n) is 15.8. The highest BCUT2D eigenvalue weighted by atomic mass is 16.5. The zero-order chi connectivity index (χ0) is 18.4. The largest absolute Gasteiger partial charge is 0.376 e. The molecule has 1 saturated heterocycles. The molecule has 4 atom stereocenters. The van der Waals surface area contributed by atoms with Crippen molar-refractivity contribution in [3.05, 3.63) is 24.8 Å². The Morgan fingerprint density at radius 2 is 2.07 bits per heavy atom. The van der Waals surface area contributed by atoms with Gasteiger partial charge in [0.05, 0.1) is 24.5 Å². The number of hydrogen-bond donors (Lipinski definition) is 1. The fourth-order valence-corrected chi connectivity index (χ4v) is 4.81. The van der Waals surface area contributed by atoms with E-state index >= 15 is 0 Å². The number of aromatic nitrogens is 3. The summed E-state index contributed by atoms with van der Waals surface area (Å²) >= 11 is 0. The molecule has 2 aliphatic carbocycles. The van der Waals surface area contributed by atoms with Crippen molar-refractivity contribution in [1.82, 2.24) is 19.7 Å². The van der Waals surface area contributed by atoms with Crippen LogP contribution in [0, 0.1) is 17.8 Å². The fraction of sp³-hybridized carbons (Fsp3) is 0.650. The number of fused-ring (bicyclic) bond motifs is 2. The van der Waals surface area contributed by atoms with Crippen molar-refractivity contribution >= 4 is 17.4 Å². The first kappa shape index (κ1) is 17.0. The lowest BCUT2D eigenvalue weighted by Crippen LogP contribution is -2.50. The van der Waals surface area contributed by atoms with Gasteiger partial charge in [0.1, 0.15) is 5.82 Å². The Hall–Kier alpha value is -2.15. The normalized spacial score (nSPS) is 30.5. The first-order valence-corrected chi connectivity index (χ1v) is 10.1. The molecular formula is C20H27N5O2. The number of amides is 1. The lowest BCUT2D eigenvalue weighted by molar-refractivity contribution is -0.122. The quantitative estimate of drug-likeness (QED) is 0.871. The van der Waals surface area contributed by atoms with Gasteiger partial charge in [-0.2, -0.15) is 0 Å². The van der Waals surface area contributed by atoms with Crippen molar-refractivity contribution in [3.8, 4) is 0 Å². The van der Waals surface area contributed by atoms with Crippen LogP contribution in [0.1, 0.15) is 32.6 Å². The van der Waals surface area contributed by atoms with E-state index in [9.17, 15) is 4.79 Å². The van der Waals surface area contributed by atoms with Gasteiger partial charge in [0.15, 0.2) is 5.65 Å². The molecule has 7 nitrogen and oxygen atoms in total. The van der Waals surface area contributed by atoms with Crippen LogP contribution in [0.5, 0.6) is 0 Å². The van der Waals surface area contributed by atoms with E-state index in [-0.39, 0.29) is 18.1 Å². The Balaban J connectivity index is 1.33. The second-order valence-corrected chi connectivity index (χ2v) is 8.44. The van der Waals surface area contributed by atoms with E-state index in [4.69, 9.17) is 4.74 Å². The molecule has 1 N–H and O–H groups in total. The summed E-state index contributed by atoms with van der Waals surface area (Å²) in [6.07, 6.45) is 12.3. The number of ether oxygens (including phenoxy) is 1. The van der Waals surface area contributed by atoms with Gasteiger partial charge in [0.25, 0.3) is 0 Å². The molecule has 2 aromatic heterocycles. The molecule has 2 aromatic rings. The van der Waals surface area contributed by atoms with Crippen molar-refractivity contribution in [2.45, 2.75) is 44.8 Å². The van der Waals surface area contributed by atoms with Gasteiger partial charge in [0.2, 0.25) is 5.91 Å². The van der Waals surface area contributed by atoms with Gasteiger partial charge >= 0.3 is 0 Å². The second-order valence-electron chi connectivity index (χ2n) is 8.44. The van der Waals surface area contributed by atoms with E-state index in [1.807, 2.05) is 18.6 Å². The van der Waals surface area contributed by atoms with Gasteiger partial charge < -0.3 is 15.0 Å². The number of anilines is 1. The minimum atomic E-state index is 0.0423. The van der Waals surface area contributed by atoms with Crippen LogP contribution in [0.25, 0.3) is 5.65 Å². The highest BCUT2D eigenvalue weighted by Gasteiger charge is 2.44. The number of hydrogen-bond acceptors (Lipinski definition) is 5. The minimum Gasteiger partial charge on any atom is -0.376 e. The van der Waals surface area contributed by atoms with Gasteiger partial charge in [-0.05, 0) is 43.4 Å². The molecular weight excluding hydrogens is 342 g/mol. The van der Waals surface area contributed by atoms with Crippen LogP contribution in [0.3, 0.4) is 0 Å². The smallest absolute Gasteiger partial charge is 0.217 e.